The van der Waals surface area contributed by atoms with Crippen molar-refractivity contribution in [2.75, 3.05) is 10.0 Å². The van der Waals surface area contributed by atoms with Crippen molar-refractivity contribution >= 4 is 65.1 Å². The molecule has 0 spiro atoms. The third-order valence-electron chi connectivity index (χ3n) is 3.97. The third kappa shape index (κ3) is 5.26. The monoisotopic (exact) mass is 552 g/mol. The highest BCUT2D eigenvalue weighted by molar-refractivity contribution is 9.10. The van der Waals surface area contributed by atoms with Crippen LogP contribution in [0.1, 0.15) is 20.7 Å². The molecule has 0 saturated heterocycles. The van der Waals surface area contributed by atoms with E-state index in [2.05, 4.69) is 41.9 Å². The average molecular weight is 554 g/mol. The highest BCUT2D eigenvalue weighted by Crippen LogP contribution is 2.26. The van der Waals surface area contributed by atoms with Crippen molar-refractivity contribution in [1.82, 2.24) is 0 Å². The van der Waals surface area contributed by atoms with Gasteiger partial charge in [-0.05, 0) is 82.7 Å². The summed E-state index contributed by atoms with van der Waals surface area (Å²) in [5, 5.41) is 11.6. The standard InChI is InChI=1S/C20H14Br2N2O5S/c21-14-4-8-15(9-5-14)23-19(25)13-3-10-17(22)18(11-13)30(28,29)24-16-6-1-12(2-7-16)20(26)27/h1-11,24H,(H,23,25)(H,26,27). The number of anilines is 2. The molecule has 3 N–H and O–H groups in total. The van der Waals surface area contributed by atoms with Crippen LogP contribution in [0.2, 0.25) is 0 Å². The minimum absolute atomic E-state index is 0.0331. The molecule has 0 saturated carbocycles. The fourth-order valence-corrected chi connectivity index (χ4v) is 4.79. The first-order valence-corrected chi connectivity index (χ1v) is 11.5. The van der Waals surface area contributed by atoms with Gasteiger partial charge in [0.1, 0.15) is 4.90 Å². The minimum Gasteiger partial charge on any atom is -0.478 e. The maximum Gasteiger partial charge on any atom is 0.335 e. The summed E-state index contributed by atoms with van der Waals surface area (Å²) in [4.78, 5) is 23.3. The Kier molecular flexibility index (Phi) is 6.59. The molecule has 3 rings (SSSR count). The Morgan fingerprint density at radius 2 is 1.37 bits per heavy atom. The largest absolute Gasteiger partial charge is 0.478 e. The summed E-state index contributed by atoms with van der Waals surface area (Å²) in [7, 11) is -4.04. The lowest BCUT2D eigenvalue weighted by Crippen LogP contribution is -2.16. The van der Waals surface area contributed by atoms with Crippen molar-refractivity contribution in [2.45, 2.75) is 4.90 Å². The number of rotatable bonds is 6. The van der Waals surface area contributed by atoms with Crippen LogP contribution in [0.4, 0.5) is 11.4 Å². The Bertz CT molecular complexity index is 1210. The number of carboxylic acids is 1. The number of hydrogen-bond acceptors (Lipinski definition) is 4. The number of sulfonamides is 1. The number of benzene rings is 3. The molecule has 30 heavy (non-hydrogen) atoms. The maximum absolute atomic E-state index is 12.8. The van der Waals surface area contributed by atoms with Gasteiger partial charge in [-0.15, -0.1) is 0 Å². The Labute approximate surface area is 189 Å². The second-order valence-electron chi connectivity index (χ2n) is 6.09. The number of carboxylic acid groups (broad SMARTS) is 1. The molecule has 154 valence electrons. The SMILES string of the molecule is O=C(O)c1ccc(NS(=O)(=O)c2cc(C(=O)Nc3ccc(Br)cc3)ccc2Br)cc1. The smallest absolute Gasteiger partial charge is 0.335 e. The van der Waals surface area contributed by atoms with Gasteiger partial charge >= 0.3 is 5.97 Å². The van der Waals surface area contributed by atoms with Crippen LogP contribution in [-0.4, -0.2) is 25.4 Å². The summed E-state index contributed by atoms with van der Waals surface area (Å²) in [6, 6.07) is 16.5. The van der Waals surface area contributed by atoms with E-state index in [4.69, 9.17) is 5.11 Å². The van der Waals surface area contributed by atoms with Gasteiger partial charge in [-0.2, -0.15) is 0 Å². The molecule has 0 unspecified atom stereocenters. The van der Waals surface area contributed by atoms with Gasteiger partial charge in [-0.25, -0.2) is 13.2 Å². The molecule has 0 aliphatic rings. The topological polar surface area (TPSA) is 113 Å². The van der Waals surface area contributed by atoms with Gasteiger partial charge in [0, 0.05) is 25.9 Å². The first kappa shape index (κ1) is 22.0. The van der Waals surface area contributed by atoms with E-state index in [1.54, 1.807) is 24.3 Å². The zero-order chi connectivity index (χ0) is 21.9. The third-order valence-corrected chi connectivity index (χ3v) is 6.87. The van der Waals surface area contributed by atoms with Crippen LogP contribution < -0.4 is 10.0 Å². The van der Waals surface area contributed by atoms with Crippen molar-refractivity contribution in [3.05, 3.63) is 86.8 Å². The van der Waals surface area contributed by atoms with Gasteiger partial charge in [-0.1, -0.05) is 15.9 Å². The molecule has 0 aliphatic carbocycles. The molecule has 0 aromatic heterocycles. The van der Waals surface area contributed by atoms with Crippen LogP contribution >= 0.6 is 31.9 Å². The highest BCUT2D eigenvalue weighted by atomic mass is 79.9. The Balaban J connectivity index is 1.84. The van der Waals surface area contributed by atoms with Crippen LogP contribution in [0.5, 0.6) is 0 Å². The fourth-order valence-electron chi connectivity index (χ4n) is 2.48. The van der Waals surface area contributed by atoms with Crippen molar-refractivity contribution in [2.24, 2.45) is 0 Å². The molecule has 3 aromatic carbocycles. The average Bonchev–Trinajstić information content (AvgIpc) is 2.70. The van der Waals surface area contributed by atoms with Gasteiger partial charge in [0.15, 0.2) is 0 Å². The van der Waals surface area contributed by atoms with Crippen molar-refractivity contribution < 1.29 is 23.1 Å². The summed E-state index contributed by atoms with van der Waals surface area (Å²) in [6.07, 6.45) is 0. The molecular formula is C20H14Br2N2O5S. The van der Waals surface area contributed by atoms with Gasteiger partial charge < -0.3 is 10.4 Å². The van der Waals surface area contributed by atoms with Crippen molar-refractivity contribution in [1.29, 1.82) is 0 Å². The lowest BCUT2D eigenvalue weighted by atomic mass is 10.2. The number of carbonyl (C=O) groups is 2. The van der Waals surface area contributed by atoms with Crippen LogP contribution in [0.25, 0.3) is 0 Å². The number of hydrogen-bond donors (Lipinski definition) is 3. The maximum atomic E-state index is 12.8. The quantitative estimate of drug-likeness (QED) is 0.399. The number of nitrogens with one attached hydrogen (secondary N) is 2. The summed E-state index contributed by atoms with van der Waals surface area (Å²) in [5.41, 5.74) is 0.942. The first-order valence-electron chi connectivity index (χ1n) is 8.38. The Morgan fingerprint density at radius 1 is 0.800 bits per heavy atom. The second-order valence-corrected chi connectivity index (χ2v) is 9.52. The van der Waals surface area contributed by atoms with E-state index in [9.17, 15) is 18.0 Å². The van der Waals surface area contributed by atoms with Crippen molar-refractivity contribution in [3.63, 3.8) is 0 Å². The predicted octanol–water partition coefficient (Wildman–Crippen LogP) is 4.96. The van der Waals surface area contributed by atoms with E-state index in [1.165, 1.54) is 42.5 Å². The number of amides is 1. The zero-order valence-corrected chi connectivity index (χ0v) is 19.1. The normalized spacial score (nSPS) is 11.0. The highest BCUT2D eigenvalue weighted by Gasteiger charge is 2.20. The van der Waals surface area contributed by atoms with E-state index in [1.807, 2.05) is 0 Å². The molecule has 0 aliphatic heterocycles. The zero-order valence-electron chi connectivity index (χ0n) is 15.1. The van der Waals surface area contributed by atoms with E-state index in [-0.39, 0.29) is 26.2 Å². The summed E-state index contributed by atoms with van der Waals surface area (Å²) in [5.74, 6) is -1.58. The fraction of sp³-hybridized carbons (Fsp3) is 0. The second kappa shape index (κ2) is 8.99. The number of halogens is 2. The van der Waals surface area contributed by atoms with Gasteiger partial charge in [0.05, 0.1) is 5.56 Å². The molecule has 0 radical (unpaired) electrons. The Hall–Kier alpha value is -2.69. The molecule has 10 heteroatoms. The minimum atomic E-state index is -4.04. The number of aromatic carboxylic acids is 1. The molecule has 0 fully saturated rings. The molecule has 7 nitrogen and oxygen atoms in total. The molecule has 1 amide bonds. The van der Waals surface area contributed by atoms with Crippen LogP contribution in [0.3, 0.4) is 0 Å². The summed E-state index contributed by atoms with van der Waals surface area (Å²) >= 11 is 6.51. The molecular weight excluding hydrogens is 540 g/mol. The number of carbonyl (C=O) groups excluding carboxylic acids is 1. The van der Waals surface area contributed by atoms with Crippen LogP contribution in [-0.2, 0) is 10.0 Å². The lowest BCUT2D eigenvalue weighted by Gasteiger charge is -2.12. The summed E-state index contributed by atoms with van der Waals surface area (Å²) < 4.78 is 29.1. The molecule has 3 aromatic rings. The van der Waals surface area contributed by atoms with Crippen molar-refractivity contribution in [3.8, 4) is 0 Å². The molecule has 0 heterocycles. The van der Waals surface area contributed by atoms with Gasteiger partial charge in [0.25, 0.3) is 15.9 Å². The predicted molar refractivity (Wildman–Crippen MR) is 120 cm³/mol. The van der Waals surface area contributed by atoms with E-state index in [0.29, 0.717) is 5.69 Å². The van der Waals surface area contributed by atoms with Crippen LogP contribution in [0, 0.1) is 0 Å². The van der Waals surface area contributed by atoms with Gasteiger partial charge in [-0.3, -0.25) is 9.52 Å². The molecule has 0 atom stereocenters. The van der Waals surface area contributed by atoms with Crippen LogP contribution in [0.15, 0.2) is 80.6 Å². The summed E-state index contributed by atoms with van der Waals surface area (Å²) in [6.45, 7) is 0. The van der Waals surface area contributed by atoms with E-state index < -0.39 is 21.9 Å². The Morgan fingerprint density at radius 3 is 1.97 bits per heavy atom. The lowest BCUT2D eigenvalue weighted by molar-refractivity contribution is 0.0696. The molecule has 0 bridgehead atoms. The van der Waals surface area contributed by atoms with E-state index >= 15 is 0 Å². The van der Waals surface area contributed by atoms with E-state index in [0.717, 1.165) is 4.47 Å². The van der Waals surface area contributed by atoms with Gasteiger partial charge in [0.2, 0.25) is 0 Å². The first-order chi connectivity index (χ1) is 14.2.